The maximum Gasteiger partial charge on any atom is 0.204 e. The topological polar surface area (TPSA) is 97.1 Å². The predicted molar refractivity (Wildman–Crippen MR) is 133 cm³/mol. The molecule has 3 saturated carbocycles. The van der Waals surface area contributed by atoms with Crippen LogP contribution >= 0.6 is 0 Å². The Balaban J connectivity index is 1.11. The average molecular weight is 508 g/mol. The number of fused-ring (bicyclic) bond motifs is 2. The molecule has 0 amide bonds. The summed E-state index contributed by atoms with van der Waals surface area (Å²) < 4.78 is 35.8. The van der Waals surface area contributed by atoms with Gasteiger partial charge in [-0.2, -0.15) is 9.78 Å². The molecule has 5 rings (SSSR count). The molecule has 0 aromatic heterocycles. The Kier molecular flexibility index (Phi) is 7.48. The van der Waals surface area contributed by atoms with E-state index in [0.29, 0.717) is 17.6 Å². The summed E-state index contributed by atoms with van der Waals surface area (Å²) in [5.74, 6) is 1.94. The molecule has 4 aliphatic rings. The van der Waals surface area contributed by atoms with Crippen molar-refractivity contribution in [2.75, 3.05) is 24.7 Å². The molecule has 196 valence electrons. The lowest BCUT2D eigenvalue weighted by Crippen LogP contribution is -2.45. The minimum Gasteiger partial charge on any atom is -0.493 e. The predicted octanol–water partition coefficient (Wildman–Crippen LogP) is 4.70. The number of hydrogen-bond acceptors (Lipinski definition) is 7. The van der Waals surface area contributed by atoms with E-state index in [1.54, 1.807) is 0 Å². The van der Waals surface area contributed by atoms with Crippen molar-refractivity contribution in [2.24, 2.45) is 23.5 Å². The third kappa shape index (κ3) is 5.87. The van der Waals surface area contributed by atoms with Crippen LogP contribution in [0.5, 0.6) is 5.75 Å². The molecule has 1 aromatic carbocycles. The molecule has 7 nitrogen and oxygen atoms in total. The number of hydrogen-bond donors (Lipinski definition) is 1. The van der Waals surface area contributed by atoms with Crippen molar-refractivity contribution >= 4 is 9.84 Å². The summed E-state index contributed by atoms with van der Waals surface area (Å²) in [7, 11) is -3.14. The van der Waals surface area contributed by atoms with Crippen molar-refractivity contribution < 1.29 is 27.7 Å². The second-order valence-corrected chi connectivity index (χ2v) is 13.7. The summed E-state index contributed by atoms with van der Waals surface area (Å²) in [6.07, 6.45) is 11.5. The van der Waals surface area contributed by atoms with Crippen molar-refractivity contribution in [3.05, 3.63) is 29.8 Å². The maximum absolute atomic E-state index is 11.8. The zero-order valence-electron chi connectivity index (χ0n) is 21.0. The summed E-state index contributed by atoms with van der Waals surface area (Å²) in [6.45, 7) is 2.38. The first kappa shape index (κ1) is 25.5. The average Bonchev–Trinajstić information content (AvgIpc) is 3.17. The van der Waals surface area contributed by atoms with Crippen LogP contribution in [0.25, 0.3) is 0 Å². The van der Waals surface area contributed by atoms with E-state index in [-0.39, 0.29) is 24.7 Å². The Morgan fingerprint density at radius 2 is 1.66 bits per heavy atom. The zero-order chi connectivity index (χ0) is 24.5. The number of rotatable bonds is 8. The van der Waals surface area contributed by atoms with Crippen LogP contribution in [0.4, 0.5) is 0 Å². The SMILES string of the molecule is C[C@@]1(C2CC3CCCC(C3)C2)OOC2(CCC(c3ccc(OCCS(=O)(=O)CCN)cc3)CC2)O1. The first-order valence-electron chi connectivity index (χ1n) is 13.5. The summed E-state index contributed by atoms with van der Waals surface area (Å²) in [5.41, 5.74) is 6.61. The third-order valence-corrected chi connectivity index (χ3v) is 10.5. The highest BCUT2D eigenvalue weighted by Gasteiger charge is 2.56. The minimum absolute atomic E-state index is 0.00220. The van der Waals surface area contributed by atoms with E-state index in [4.69, 9.17) is 25.0 Å². The van der Waals surface area contributed by atoms with Crippen LogP contribution in [0.2, 0.25) is 0 Å². The van der Waals surface area contributed by atoms with E-state index in [2.05, 4.69) is 19.1 Å². The molecule has 35 heavy (non-hydrogen) atoms. The van der Waals surface area contributed by atoms with Crippen LogP contribution in [-0.2, 0) is 24.3 Å². The van der Waals surface area contributed by atoms with Gasteiger partial charge in [-0.3, -0.25) is 0 Å². The standard InChI is InChI=1S/C27H41NO6S/c1-26(24-18-20-3-2-4-21(17-20)19-24)32-27(34-33-26)11-9-23(10-12-27)22-5-7-25(8-6-22)31-14-16-35(29,30)15-13-28/h5-8,20-21,23-24H,2-4,9-19,28H2,1H3/t20?,21?,23?,24?,26-,27?/m0/s1. The van der Waals surface area contributed by atoms with E-state index in [0.717, 1.165) is 37.5 Å². The van der Waals surface area contributed by atoms with Gasteiger partial charge in [-0.1, -0.05) is 31.4 Å². The highest BCUT2D eigenvalue weighted by atomic mass is 32.2. The largest absolute Gasteiger partial charge is 0.493 e. The van der Waals surface area contributed by atoms with Crippen molar-refractivity contribution in [3.8, 4) is 5.75 Å². The first-order chi connectivity index (χ1) is 16.8. The van der Waals surface area contributed by atoms with Gasteiger partial charge < -0.3 is 15.2 Å². The number of nitrogens with two attached hydrogens (primary N) is 1. The minimum atomic E-state index is -3.14. The molecule has 0 radical (unpaired) electrons. The molecule has 1 heterocycles. The molecule has 4 fully saturated rings. The highest BCUT2D eigenvalue weighted by Crippen LogP contribution is 2.53. The van der Waals surface area contributed by atoms with E-state index < -0.39 is 21.4 Å². The lowest BCUT2D eigenvalue weighted by atomic mass is 9.66. The zero-order valence-corrected chi connectivity index (χ0v) is 21.8. The second-order valence-electron chi connectivity index (χ2n) is 11.4. The maximum atomic E-state index is 11.8. The van der Waals surface area contributed by atoms with Gasteiger partial charge in [0.2, 0.25) is 11.6 Å². The Bertz CT molecular complexity index is 946. The fourth-order valence-electron chi connectivity index (χ4n) is 6.85. The molecule has 1 aromatic rings. The molecule has 3 atom stereocenters. The molecular formula is C27H41NO6S. The third-order valence-electron chi connectivity index (χ3n) is 8.81. The van der Waals surface area contributed by atoms with Crippen LogP contribution in [0.1, 0.15) is 82.6 Å². The Morgan fingerprint density at radius 3 is 2.31 bits per heavy atom. The molecular weight excluding hydrogens is 466 g/mol. The fourth-order valence-corrected chi connectivity index (χ4v) is 7.75. The molecule has 2 N–H and O–H groups in total. The van der Waals surface area contributed by atoms with Gasteiger partial charge in [0.1, 0.15) is 12.4 Å². The van der Waals surface area contributed by atoms with Crippen molar-refractivity contribution in [3.63, 3.8) is 0 Å². The van der Waals surface area contributed by atoms with Gasteiger partial charge in [0, 0.05) is 25.3 Å². The lowest BCUT2D eigenvalue weighted by molar-refractivity contribution is -0.361. The first-order valence-corrected chi connectivity index (χ1v) is 15.3. The van der Waals surface area contributed by atoms with E-state index in [9.17, 15) is 8.42 Å². The Hall–Kier alpha value is -1.19. The monoisotopic (exact) mass is 507 g/mol. The van der Waals surface area contributed by atoms with Gasteiger partial charge in [-0.15, -0.1) is 0 Å². The lowest BCUT2D eigenvalue weighted by Gasteiger charge is -2.44. The van der Waals surface area contributed by atoms with Gasteiger partial charge in [-0.05, 0) is 74.5 Å². The van der Waals surface area contributed by atoms with Crippen LogP contribution in [0.3, 0.4) is 0 Å². The molecule has 1 aliphatic heterocycles. The van der Waals surface area contributed by atoms with Gasteiger partial charge in [-0.25, -0.2) is 8.42 Å². The van der Waals surface area contributed by atoms with Crippen LogP contribution in [0.15, 0.2) is 24.3 Å². The summed E-state index contributed by atoms with van der Waals surface area (Å²) in [4.78, 5) is 11.9. The Labute approximate surface area is 209 Å². The molecule has 8 heteroatoms. The van der Waals surface area contributed by atoms with Crippen molar-refractivity contribution in [2.45, 2.75) is 88.6 Å². The quantitative estimate of drug-likeness (QED) is 0.509. The van der Waals surface area contributed by atoms with E-state index in [1.165, 1.54) is 44.1 Å². The molecule has 2 bridgehead atoms. The van der Waals surface area contributed by atoms with Crippen LogP contribution < -0.4 is 10.5 Å². The summed E-state index contributed by atoms with van der Waals surface area (Å²) in [5, 5.41) is 0. The Morgan fingerprint density at radius 1 is 0.971 bits per heavy atom. The molecule has 1 saturated heterocycles. The fraction of sp³-hybridized carbons (Fsp3) is 0.778. The molecule has 1 spiro atoms. The normalized spacial score (nSPS) is 37.4. The summed E-state index contributed by atoms with van der Waals surface area (Å²) in [6, 6.07) is 8.03. The molecule has 3 aliphatic carbocycles. The number of benzene rings is 1. The van der Waals surface area contributed by atoms with Gasteiger partial charge in [0.25, 0.3) is 0 Å². The van der Waals surface area contributed by atoms with Crippen molar-refractivity contribution in [1.82, 2.24) is 0 Å². The number of ether oxygens (including phenoxy) is 2. The number of sulfone groups is 1. The smallest absolute Gasteiger partial charge is 0.204 e. The van der Waals surface area contributed by atoms with E-state index >= 15 is 0 Å². The highest BCUT2D eigenvalue weighted by molar-refractivity contribution is 7.91. The molecule has 2 unspecified atom stereocenters. The van der Waals surface area contributed by atoms with Gasteiger partial charge in [0.15, 0.2) is 9.84 Å². The van der Waals surface area contributed by atoms with Crippen LogP contribution in [0, 0.1) is 17.8 Å². The van der Waals surface area contributed by atoms with Crippen LogP contribution in [-0.4, -0.2) is 44.6 Å². The second kappa shape index (κ2) is 10.3. The van der Waals surface area contributed by atoms with Gasteiger partial charge in [0.05, 0.1) is 11.5 Å². The van der Waals surface area contributed by atoms with Gasteiger partial charge >= 0.3 is 0 Å². The van der Waals surface area contributed by atoms with E-state index in [1.807, 2.05) is 12.1 Å². The van der Waals surface area contributed by atoms with Crippen molar-refractivity contribution in [1.29, 1.82) is 0 Å². The summed E-state index contributed by atoms with van der Waals surface area (Å²) >= 11 is 0.